The largest absolute Gasteiger partial charge is 0.478 e. The van der Waals surface area contributed by atoms with Gasteiger partial charge in [0.25, 0.3) is 5.69 Å². The van der Waals surface area contributed by atoms with Crippen LogP contribution in [0.3, 0.4) is 0 Å². The minimum absolute atomic E-state index is 0.0470. The van der Waals surface area contributed by atoms with Gasteiger partial charge < -0.3 is 5.11 Å². The van der Waals surface area contributed by atoms with E-state index in [-0.39, 0.29) is 11.3 Å². The number of rotatable bonds is 3. The highest BCUT2D eigenvalue weighted by atomic mass is 32.2. The Hall–Kier alpha value is -1.82. The number of nitrogens with zero attached hydrogens (tertiary/aromatic N) is 1. The van der Waals surface area contributed by atoms with Crippen LogP contribution in [0.2, 0.25) is 0 Å². The molecular weight excluding hydrogens is 278 g/mol. The van der Waals surface area contributed by atoms with E-state index in [1.54, 1.807) is 6.07 Å². The van der Waals surface area contributed by atoms with E-state index in [9.17, 15) is 14.9 Å². The highest BCUT2D eigenvalue weighted by molar-refractivity contribution is 8.01. The molecule has 0 radical (unpaired) electrons. The van der Waals surface area contributed by atoms with Gasteiger partial charge in [-0.2, -0.15) is 11.8 Å². The zero-order valence-corrected chi connectivity index (χ0v) is 11.4. The number of nitro groups is 1. The first-order valence-corrected chi connectivity index (χ1v) is 7.37. The van der Waals surface area contributed by atoms with Crippen molar-refractivity contribution < 1.29 is 14.8 Å². The molecular formula is C14H13NO4S. The summed E-state index contributed by atoms with van der Waals surface area (Å²) < 4.78 is 0. The summed E-state index contributed by atoms with van der Waals surface area (Å²) in [7, 11) is 0. The lowest BCUT2D eigenvalue weighted by Gasteiger charge is -2.19. The minimum Gasteiger partial charge on any atom is -0.478 e. The molecule has 1 N–H and O–H groups in total. The normalized spacial score (nSPS) is 24.3. The van der Waals surface area contributed by atoms with Gasteiger partial charge in [-0.3, -0.25) is 10.1 Å². The van der Waals surface area contributed by atoms with Crippen LogP contribution in [-0.4, -0.2) is 26.5 Å². The van der Waals surface area contributed by atoms with Gasteiger partial charge in [0.15, 0.2) is 0 Å². The molecule has 5 nitrogen and oxygen atoms in total. The van der Waals surface area contributed by atoms with E-state index in [4.69, 9.17) is 5.11 Å². The van der Waals surface area contributed by atoms with E-state index >= 15 is 0 Å². The number of nitro benzene ring substituents is 1. The van der Waals surface area contributed by atoms with Crippen LogP contribution in [0.1, 0.15) is 35.2 Å². The molecule has 20 heavy (non-hydrogen) atoms. The van der Waals surface area contributed by atoms with E-state index in [2.05, 4.69) is 6.08 Å². The first-order valence-electron chi connectivity index (χ1n) is 6.43. The monoisotopic (exact) mass is 291 g/mol. The molecule has 1 aromatic rings. The Morgan fingerprint density at radius 2 is 2.20 bits per heavy atom. The second-order valence-electron chi connectivity index (χ2n) is 5.06. The van der Waals surface area contributed by atoms with Crippen molar-refractivity contribution in [3.63, 3.8) is 0 Å². The number of benzene rings is 1. The Labute approximate surface area is 119 Å². The zero-order valence-electron chi connectivity index (χ0n) is 10.6. The van der Waals surface area contributed by atoms with Crippen molar-refractivity contribution in [2.75, 3.05) is 0 Å². The molecule has 1 fully saturated rings. The average Bonchev–Trinajstić information content (AvgIpc) is 2.76. The van der Waals surface area contributed by atoms with Gasteiger partial charge in [0.05, 0.1) is 16.1 Å². The van der Waals surface area contributed by atoms with Gasteiger partial charge in [0, 0.05) is 16.6 Å². The number of aromatic carboxylic acids is 1. The molecule has 0 saturated carbocycles. The molecule has 0 aromatic heterocycles. The summed E-state index contributed by atoms with van der Waals surface area (Å²) >= 11 is 1.93. The summed E-state index contributed by atoms with van der Waals surface area (Å²) in [6, 6.07) is 4.17. The Morgan fingerprint density at radius 3 is 2.85 bits per heavy atom. The van der Waals surface area contributed by atoms with Gasteiger partial charge in [0.1, 0.15) is 0 Å². The number of hydrogen-bond donors (Lipinski definition) is 1. The lowest BCUT2D eigenvalue weighted by molar-refractivity contribution is -0.385. The maximum atomic E-state index is 11.2. The summed E-state index contributed by atoms with van der Waals surface area (Å²) in [5, 5.41) is 21.1. The Balaban J connectivity index is 2.05. The van der Waals surface area contributed by atoms with Crippen molar-refractivity contribution in [1.29, 1.82) is 0 Å². The molecule has 6 heteroatoms. The fourth-order valence-corrected chi connectivity index (χ4v) is 4.39. The fourth-order valence-electron chi connectivity index (χ4n) is 2.83. The minimum atomic E-state index is -1.15. The van der Waals surface area contributed by atoms with Crippen molar-refractivity contribution >= 4 is 29.0 Å². The molecule has 2 aliphatic heterocycles. The number of fused-ring (bicyclic) bond motifs is 2. The topological polar surface area (TPSA) is 80.4 Å². The van der Waals surface area contributed by atoms with Gasteiger partial charge >= 0.3 is 5.97 Å². The van der Waals surface area contributed by atoms with Gasteiger partial charge in [-0.05, 0) is 37.0 Å². The van der Waals surface area contributed by atoms with E-state index < -0.39 is 10.9 Å². The molecule has 0 spiro atoms. The summed E-state index contributed by atoms with van der Waals surface area (Å²) in [5.74, 6) is -1.15. The SMILES string of the molecule is O=C(O)c1ccc(C2=CC3CCC(C2)S3)c([N+](=O)[O-])c1. The number of thioether (sulfide) groups is 1. The van der Waals surface area contributed by atoms with E-state index in [1.165, 1.54) is 6.07 Å². The standard InChI is InChI=1S/C14H13NO4S/c16-14(17)8-1-4-12(13(7-8)15(18)19)9-5-10-2-3-11(6-9)20-10/h1,4-5,7,10-11H,2-3,6H2,(H,16,17). The number of hydrogen-bond acceptors (Lipinski definition) is 4. The molecule has 1 saturated heterocycles. The predicted molar refractivity (Wildman–Crippen MR) is 77.1 cm³/mol. The lowest BCUT2D eigenvalue weighted by Crippen LogP contribution is -2.08. The highest BCUT2D eigenvalue weighted by Crippen LogP contribution is 2.46. The molecule has 2 unspecified atom stereocenters. The van der Waals surface area contributed by atoms with Crippen LogP contribution in [0.5, 0.6) is 0 Å². The maximum absolute atomic E-state index is 11.2. The summed E-state index contributed by atoms with van der Waals surface area (Å²) in [4.78, 5) is 21.6. The van der Waals surface area contributed by atoms with Crippen molar-refractivity contribution in [1.82, 2.24) is 0 Å². The first-order chi connectivity index (χ1) is 9.54. The van der Waals surface area contributed by atoms with Crippen molar-refractivity contribution in [2.45, 2.75) is 29.8 Å². The Bertz CT molecular complexity index is 626. The van der Waals surface area contributed by atoms with Crippen LogP contribution in [0.15, 0.2) is 24.3 Å². The first kappa shape index (κ1) is 13.2. The quantitative estimate of drug-likeness (QED) is 0.682. The number of carboxylic acid groups (broad SMARTS) is 1. The third-order valence-electron chi connectivity index (χ3n) is 3.76. The van der Waals surface area contributed by atoms with Gasteiger partial charge in [-0.15, -0.1) is 0 Å². The number of carboxylic acids is 1. The molecule has 104 valence electrons. The van der Waals surface area contributed by atoms with Gasteiger partial charge in [-0.25, -0.2) is 4.79 Å². The van der Waals surface area contributed by atoms with Gasteiger partial charge in [-0.1, -0.05) is 6.08 Å². The molecule has 2 bridgehead atoms. The van der Waals surface area contributed by atoms with Crippen LogP contribution in [0.4, 0.5) is 5.69 Å². The maximum Gasteiger partial charge on any atom is 0.335 e. The summed E-state index contributed by atoms with van der Waals surface area (Å²) in [6.07, 6.45) is 5.21. The fraction of sp³-hybridized carbons (Fsp3) is 0.357. The molecule has 2 aliphatic rings. The Morgan fingerprint density at radius 1 is 1.40 bits per heavy atom. The van der Waals surface area contributed by atoms with E-state index in [1.807, 2.05) is 11.8 Å². The predicted octanol–water partition coefficient (Wildman–Crippen LogP) is 3.34. The third-order valence-corrected chi connectivity index (χ3v) is 5.27. The van der Waals surface area contributed by atoms with Crippen LogP contribution >= 0.6 is 11.8 Å². The molecule has 0 aliphatic carbocycles. The van der Waals surface area contributed by atoms with Crippen molar-refractivity contribution in [2.24, 2.45) is 0 Å². The van der Waals surface area contributed by atoms with E-state index in [0.29, 0.717) is 16.1 Å². The van der Waals surface area contributed by atoms with E-state index in [0.717, 1.165) is 30.9 Å². The summed E-state index contributed by atoms with van der Waals surface area (Å²) in [6.45, 7) is 0. The number of carbonyl (C=O) groups is 1. The van der Waals surface area contributed by atoms with Crippen molar-refractivity contribution in [3.05, 3.63) is 45.5 Å². The molecule has 3 rings (SSSR count). The molecule has 1 aromatic carbocycles. The second-order valence-corrected chi connectivity index (χ2v) is 6.61. The third kappa shape index (κ3) is 2.31. The Kier molecular flexibility index (Phi) is 3.25. The van der Waals surface area contributed by atoms with Gasteiger partial charge in [0.2, 0.25) is 0 Å². The van der Waals surface area contributed by atoms with Crippen LogP contribution in [0.25, 0.3) is 5.57 Å². The zero-order chi connectivity index (χ0) is 14.3. The molecule has 0 amide bonds. The molecule has 2 heterocycles. The second kappa shape index (κ2) is 4.94. The number of allylic oxidation sites excluding steroid dienone is 1. The smallest absolute Gasteiger partial charge is 0.335 e. The lowest BCUT2D eigenvalue weighted by atomic mass is 9.97. The van der Waals surface area contributed by atoms with Crippen LogP contribution < -0.4 is 0 Å². The summed E-state index contributed by atoms with van der Waals surface area (Å²) in [5.41, 5.74) is 1.40. The highest BCUT2D eigenvalue weighted by Gasteiger charge is 2.32. The van der Waals surface area contributed by atoms with Crippen LogP contribution in [0, 0.1) is 10.1 Å². The van der Waals surface area contributed by atoms with Crippen molar-refractivity contribution in [3.8, 4) is 0 Å². The average molecular weight is 291 g/mol. The van der Waals surface area contributed by atoms with Crippen LogP contribution in [-0.2, 0) is 0 Å². The molecule has 2 atom stereocenters.